The zero-order valence-electron chi connectivity index (χ0n) is 16.1. The summed E-state index contributed by atoms with van der Waals surface area (Å²) in [5, 5.41) is 1.04. The summed E-state index contributed by atoms with van der Waals surface area (Å²) in [6, 6.07) is 15.4. The number of nitrogens with zero attached hydrogens (tertiary/aromatic N) is 2. The maximum Gasteiger partial charge on any atom is 0.254 e. The summed E-state index contributed by atoms with van der Waals surface area (Å²) in [4.78, 5) is 19.9. The second-order valence-corrected chi connectivity index (χ2v) is 7.60. The standard InChI is InChI=1S/C23H23N3O3/c24-18-12-15-4-1-2-6-19(15)25-22(18)17-5-3-9-26(14-17)23(27)16-7-8-20-21(13-16)29-11-10-28-20/h1-2,4,6-8,12-13,17H,3,5,9-11,14,24H2. The van der Waals surface area contributed by atoms with Crippen LogP contribution in [0.2, 0.25) is 0 Å². The molecule has 6 heteroatoms. The predicted octanol–water partition coefficient (Wildman–Crippen LogP) is 3.61. The van der Waals surface area contributed by atoms with Crippen LogP contribution in [0.1, 0.15) is 34.8 Å². The fourth-order valence-corrected chi connectivity index (χ4v) is 4.22. The van der Waals surface area contributed by atoms with Gasteiger partial charge in [0.25, 0.3) is 5.91 Å². The Balaban J connectivity index is 1.39. The molecule has 2 N–H and O–H groups in total. The molecule has 3 aromatic rings. The van der Waals surface area contributed by atoms with E-state index in [1.165, 1.54) is 0 Å². The van der Waals surface area contributed by atoms with Crippen LogP contribution in [-0.2, 0) is 0 Å². The first-order valence-corrected chi connectivity index (χ1v) is 10.0. The highest BCUT2D eigenvalue weighted by molar-refractivity contribution is 5.95. The van der Waals surface area contributed by atoms with Crippen LogP contribution in [0, 0.1) is 0 Å². The van der Waals surface area contributed by atoms with E-state index in [1.807, 2.05) is 47.4 Å². The monoisotopic (exact) mass is 389 g/mol. The van der Waals surface area contributed by atoms with Crippen molar-refractivity contribution in [3.63, 3.8) is 0 Å². The maximum absolute atomic E-state index is 13.1. The van der Waals surface area contributed by atoms with Gasteiger partial charge < -0.3 is 20.1 Å². The summed E-state index contributed by atoms with van der Waals surface area (Å²) >= 11 is 0. The third-order valence-electron chi connectivity index (χ3n) is 5.67. The minimum atomic E-state index is 0.00559. The number of anilines is 1. The second kappa shape index (κ2) is 7.28. The highest BCUT2D eigenvalue weighted by atomic mass is 16.6. The van der Waals surface area contributed by atoms with Gasteiger partial charge in [-0.1, -0.05) is 18.2 Å². The number of rotatable bonds is 2. The lowest BCUT2D eigenvalue weighted by Crippen LogP contribution is -2.39. The minimum Gasteiger partial charge on any atom is -0.486 e. The van der Waals surface area contributed by atoms with Gasteiger partial charge in [-0.15, -0.1) is 0 Å². The predicted molar refractivity (Wildman–Crippen MR) is 111 cm³/mol. The molecule has 6 nitrogen and oxygen atoms in total. The number of para-hydroxylation sites is 1. The number of nitrogen functional groups attached to an aromatic ring is 1. The zero-order valence-corrected chi connectivity index (χ0v) is 16.1. The number of pyridine rings is 1. The molecule has 1 atom stereocenters. The summed E-state index contributed by atoms with van der Waals surface area (Å²) in [6.45, 7) is 2.39. The Bertz CT molecular complexity index is 1080. The molecular formula is C23H23N3O3. The number of likely N-dealkylation sites (tertiary alicyclic amines) is 1. The Morgan fingerprint density at radius 3 is 2.79 bits per heavy atom. The molecule has 0 saturated carbocycles. The van der Waals surface area contributed by atoms with Gasteiger partial charge in [-0.25, -0.2) is 0 Å². The fourth-order valence-electron chi connectivity index (χ4n) is 4.22. The van der Waals surface area contributed by atoms with Crippen molar-refractivity contribution in [3.05, 3.63) is 59.8 Å². The van der Waals surface area contributed by atoms with Gasteiger partial charge in [-0.3, -0.25) is 9.78 Å². The molecule has 0 bridgehead atoms. The zero-order chi connectivity index (χ0) is 19.8. The van der Waals surface area contributed by atoms with Crippen LogP contribution in [0.5, 0.6) is 11.5 Å². The maximum atomic E-state index is 13.1. The van der Waals surface area contributed by atoms with E-state index in [2.05, 4.69) is 0 Å². The van der Waals surface area contributed by atoms with E-state index in [4.69, 9.17) is 20.2 Å². The van der Waals surface area contributed by atoms with Crippen LogP contribution in [0.15, 0.2) is 48.5 Å². The van der Waals surface area contributed by atoms with Crippen molar-refractivity contribution in [3.8, 4) is 11.5 Å². The number of amides is 1. The lowest BCUT2D eigenvalue weighted by molar-refractivity contribution is 0.0705. The summed E-state index contributed by atoms with van der Waals surface area (Å²) < 4.78 is 11.2. The number of nitrogens with two attached hydrogens (primary N) is 1. The van der Waals surface area contributed by atoms with E-state index >= 15 is 0 Å². The normalized spacial score (nSPS) is 18.6. The lowest BCUT2D eigenvalue weighted by atomic mass is 9.92. The third kappa shape index (κ3) is 3.35. The molecule has 2 aliphatic rings. The Labute approximate surface area is 169 Å². The largest absolute Gasteiger partial charge is 0.486 e. The molecule has 5 rings (SSSR count). The average Bonchev–Trinajstić information content (AvgIpc) is 2.78. The van der Waals surface area contributed by atoms with Crippen LogP contribution < -0.4 is 15.2 Å². The second-order valence-electron chi connectivity index (χ2n) is 7.60. The Kier molecular flexibility index (Phi) is 4.46. The van der Waals surface area contributed by atoms with E-state index in [9.17, 15) is 4.79 Å². The Morgan fingerprint density at radius 1 is 1.07 bits per heavy atom. The summed E-state index contributed by atoms with van der Waals surface area (Å²) in [6.07, 6.45) is 1.90. The van der Waals surface area contributed by atoms with Crippen molar-refractivity contribution in [1.29, 1.82) is 0 Å². The van der Waals surface area contributed by atoms with Gasteiger partial charge in [0.05, 0.1) is 16.9 Å². The van der Waals surface area contributed by atoms with Crippen molar-refractivity contribution < 1.29 is 14.3 Å². The molecule has 1 fully saturated rings. The molecular weight excluding hydrogens is 366 g/mol. The van der Waals surface area contributed by atoms with Gasteiger partial charge in [-0.2, -0.15) is 0 Å². The number of aromatic nitrogens is 1. The van der Waals surface area contributed by atoms with Gasteiger partial charge in [-0.05, 0) is 43.2 Å². The molecule has 2 aliphatic heterocycles. The number of fused-ring (bicyclic) bond motifs is 2. The minimum absolute atomic E-state index is 0.00559. The number of ether oxygens (including phenoxy) is 2. The fraction of sp³-hybridized carbons (Fsp3) is 0.304. The first kappa shape index (κ1) is 17.8. The van der Waals surface area contributed by atoms with Crippen LogP contribution >= 0.6 is 0 Å². The quantitative estimate of drug-likeness (QED) is 0.724. The number of carbonyl (C=O) groups excluding carboxylic acids is 1. The van der Waals surface area contributed by atoms with E-state index in [0.717, 1.165) is 36.0 Å². The molecule has 1 unspecified atom stereocenters. The van der Waals surface area contributed by atoms with Gasteiger partial charge in [0, 0.05) is 30.0 Å². The number of carbonyl (C=O) groups is 1. The SMILES string of the molecule is Nc1cc2ccccc2nc1C1CCCN(C(=O)c2ccc3c(c2)OCCO3)C1. The van der Waals surface area contributed by atoms with E-state index < -0.39 is 0 Å². The molecule has 0 radical (unpaired) electrons. The molecule has 148 valence electrons. The van der Waals surface area contributed by atoms with E-state index in [-0.39, 0.29) is 11.8 Å². The Hall–Kier alpha value is -3.28. The molecule has 1 saturated heterocycles. The van der Waals surface area contributed by atoms with Gasteiger partial charge >= 0.3 is 0 Å². The molecule has 2 aromatic carbocycles. The van der Waals surface area contributed by atoms with E-state index in [0.29, 0.717) is 42.5 Å². The molecule has 3 heterocycles. The van der Waals surface area contributed by atoms with Crippen LogP contribution in [-0.4, -0.2) is 42.1 Å². The molecule has 0 spiro atoms. The summed E-state index contributed by atoms with van der Waals surface area (Å²) in [7, 11) is 0. The number of hydrogen-bond acceptors (Lipinski definition) is 5. The highest BCUT2D eigenvalue weighted by Gasteiger charge is 2.28. The first-order valence-electron chi connectivity index (χ1n) is 10.0. The summed E-state index contributed by atoms with van der Waals surface area (Å²) in [5.41, 5.74) is 9.48. The van der Waals surface area contributed by atoms with Gasteiger partial charge in [0.15, 0.2) is 11.5 Å². The van der Waals surface area contributed by atoms with Gasteiger partial charge in [0.2, 0.25) is 0 Å². The van der Waals surface area contributed by atoms with Crippen molar-refractivity contribution in [2.24, 2.45) is 0 Å². The molecule has 1 amide bonds. The van der Waals surface area contributed by atoms with Crippen LogP contribution in [0.4, 0.5) is 5.69 Å². The molecule has 1 aromatic heterocycles. The number of hydrogen-bond donors (Lipinski definition) is 1. The summed E-state index contributed by atoms with van der Waals surface area (Å²) in [5.74, 6) is 1.47. The lowest BCUT2D eigenvalue weighted by Gasteiger charge is -2.33. The Morgan fingerprint density at radius 2 is 1.90 bits per heavy atom. The highest BCUT2D eigenvalue weighted by Crippen LogP contribution is 2.34. The number of benzene rings is 2. The average molecular weight is 389 g/mol. The van der Waals surface area contributed by atoms with Crippen molar-refractivity contribution in [2.75, 3.05) is 32.0 Å². The third-order valence-corrected chi connectivity index (χ3v) is 5.67. The van der Waals surface area contributed by atoms with Crippen molar-refractivity contribution in [2.45, 2.75) is 18.8 Å². The number of piperidine rings is 1. The smallest absolute Gasteiger partial charge is 0.254 e. The van der Waals surface area contributed by atoms with Crippen molar-refractivity contribution in [1.82, 2.24) is 9.88 Å². The first-order chi connectivity index (χ1) is 14.2. The molecule has 0 aliphatic carbocycles. The van der Waals surface area contributed by atoms with Gasteiger partial charge in [0.1, 0.15) is 13.2 Å². The van der Waals surface area contributed by atoms with E-state index in [1.54, 1.807) is 6.07 Å². The van der Waals surface area contributed by atoms with Crippen LogP contribution in [0.3, 0.4) is 0 Å². The van der Waals surface area contributed by atoms with Crippen molar-refractivity contribution >= 4 is 22.5 Å². The topological polar surface area (TPSA) is 77.7 Å². The van der Waals surface area contributed by atoms with Crippen LogP contribution in [0.25, 0.3) is 10.9 Å². The molecule has 29 heavy (non-hydrogen) atoms.